The highest BCUT2D eigenvalue weighted by Crippen LogP contribution is 2.23. The second-order valence-corrected chi connectivity index (χ2v) is 6.33. The second kappa shape index (κ2) is 20.2. The number of rotatable bonds is 18. The Morgan fingerprint density at radius 1 is 0.480 bits per heavy atom. The van der Waals surface area contributed by atoms with E-state index >= 15 is 0 Å². The molecule has 25 heavy (non-hydrogen) atoms. The number of carbonyl (C=O) groups excluding carboxylic acids is 3. The Balaban J connectivity index is 3.92. The molecule has 0 aromatic rings. The van der Waals surface area contributed by atoms with Crippen molar-refractivity contribution in [2.45, 2.75) is 77.0 Å². The zero-order chi connectivity index (χ0) is 18.4. The SMILES string of the molecule is O=C=NCCCCCC(CCCCCN=C=O)CCCCCN=C=O. The first-order valence-electron chi connectivity index (χ1n) is 9.46. The fourth-order valence-corrected chi connectivity index (χ4v) is 2.97. The van der Waals surface area contributed by atoms with Gasteiger partial charge < -0.3 is 0 Å². The number of unbranched alkanes of at least 4 members (excludes halogenated alkanes) is 6. The van der Waals surface area contributed by atoms with Gasteiger partial charge in [0.15, 0.2) is 0 Å². The minimum absolute atomic E-state index is 0.586. The van der Waals surface area contributed by atoms with Crippen LogP contribution < -0.4 is 0 Å². The highest BCUT2D eigenvalue weighted by molar-refractivity contribution is 5.33. The zero-order valence-corrected chi connectivity index (χ0v) is 15.3. The third-order valence-electron chi connectivity index (χ3n) is 4.34. The van der Waals surface area contributed by atoms with Crippen molar-refractivity contribution in [2.24, 2.45) is 20.9 Å². The molecule has 0 heterocycles. The van der Waals surface area contributed by atoms with Crippen LogP contribution in [-0.2, 0) is 14.4 Å². The Bertz CT molecular complexity index is 382. The van der Waals surface area contributed by atoms with Crippen molar-refractivity contribution in [1.82, 2.24) is 0 Å². The summed E-state index contributed by atoms with van der Waals surface area (Å²) < 4.78 is 0. The van der Waals surface area contributed by atoms with Gasteiger partial charge in [0.25, 0.3) is 0 Å². The van der Waals surface area contributed by atoms with E-state index in [2.05, 4.69) is 15.0 Å². The normalized spacial score (nSPS) is 11.0. The minimum Gasteiger partial charge on any atom is -0.211 e. The van der Waals surface area contributed by atoms with Gasteiger partial charge in [0, 0.05) is 0 Å². The van der Waals surface area contributed by atoms with Gasteiger partial charge in [-0.25, -0.2) is 29.4 Å². The zero-order valence-electron chi connectivity index (χ0n) is 15.3. The predicted octanol–water partition coefficient (Wildman–Crippen LogP) is 4.29. The van der Waals surface area contributed by atoms with Crippen LogP contribution in [0.15, 0.2) is 15.0 Å². The molecule has 6 nitrogen and oxygen atoms in total. The summed E-state index contributed by atoms with van der Waals surface area (Å²) in [4.78, 5) is 40.8. The lowest BCUT2D eigenvalue weighted by molar-refractivity contribution is 0.370. The molecule has 0 radical (unpaired) electrons. The van der Waals surface area contributed by atoms with E-state index in [9.17, 15) is 14.4 Å². The largest absolute Gasteiger partial charge is 0.234 e. The molecule has 0 atom stereocenters. The Labute approximate surface area is 150 Å². The van der Waals surface area contributed by atoms with E-state index in [4.69, 9.17) is 0 Å². The molecule has 0 spiro atoms. The highest BCUT2D eigenvalue weighted by Gasteiger charge is 2.08. The second-order valence-electron chi connectivity index (χ2n) is 6.33. The average Bonchev–Trinajstić information content (AvgIpc) is 2.63. The van der Waals surface area contributed by atoms with Gasteiger partial charge in [0.1, 0.15) is 0 Å². The van der Waals surface area contributed by atoms with Crippen LogP contribution in [0.2, 0.25) is 0 Å². The molecule has 0 aliphatic carbocycles. The summed E-state index contributed by atoms with van der Waals surface area (Å²) in [5.74, 6) is 0.721. The highest BCUT2D eigenvalue weighted by atomic mass is 16.1. The van der Waals surface area contributed by atoms with Crippen molar-refractivity contribution >= 4 is 18.2 Å². The monoisotopic (exact) mass is 349 g/mol. The molecule has 0 aliphatic rings. The summed E-state index contributed by atoms with van der Waals surface area (Å²) in [7, 11) is 0. The molecule has 0 saturated carbocycles. The van der Waals surface area contributed by atoms with Gasteiger partial charge in [-0.1, -0.05) is 57.8 Å². The van der Waals surface area contributed by atoms with Crippen LogP contribution >= 0.6 is 0 Å². The van der Waals surface area contributed by atoms with Crippen molar-refractivity contribution in [3.05, 3.63) is 0 Å². The number of hydrogen-bond acceptors (Lipinski definition) is 6. The fourth-order valence-electron chi connectivity index (χ4n) is 2.97. The smallest absolute Gasteiger partial charge is 0.211 e. The van der Waals surface area contributed by atoms with Crippen LogP contribution in [0.4, 0.5) is 0 Å². The van der Waals surface area contributed by atoms with Gasteiger partial charge in [-0.2, -0.15) is 0 Å². The summed E-state index contributed by atoms with van der Waals surface area (Å²) in [5, 5.41) is 0. The summed E-state index contributed by atoms with van der Waals surface area (Å²) in [6, 6.07) is 0. The first kappa shape index (κ1) is 23.1. The molecular formula is C19H31N3O3. The molecule has 0 bridgehead atoms. The van der Waals surface area contributed by atoms with Crippen molar-refractivity contribution in [3.8, 4) is 0 Å². The van der Waals surface area contributed by atoms with E-state index in [0.717, 1.165) is 44.4 Å². The lowest BCUT2D eigenvalue weighted by Crippen LogP contribution is -2.02. The van der Waals surface area contributed by atoms with Gasteiger partial charge in [-0.3, -0.25) is 0 Å². The van der Waals surface area contributed by atoms with E-state index in [1.807, 2.05) is 0 Å². The third kappa shape index (κ3) is 18.3. The van der Waals surface area contributed by atoms with E-state index in [-0.39, 0.29) is 0 Å². The number of aliphatic imine (C=N–C) groups is 3. The lowest BCUT2D eigenvalue weighted by Gasteiger charge is -2.16. The summed E-state index contributed by atoms with van der Waals surface area (Å²) >= 11 is 0. The first-order chi connectivity index (χ1) is 12.3. The van der Waals surface area contributed by atoms with Crippen LogP contribution in [0.25, 0.3) is 0 Å². The van der Waals surface area contributed by atoms with Gasteiger partial charge >= 0.3 is 0 Å². The van der Waals surface area contributed by atoms with E-state index in [1.165, 1.54) is 38.5 Å². The van der Waals surface area contributed by atoms with E-state index in [1.54, 1.807) is 18.2 Å². The Morgan fingerprint density at radius 3 is 1.08 bits per heavy atom. The number of nitrogens with zero attached hydrogens (tertiary/aromatic N) is 3. The average molecular weight is 349 g/mol. The summed E-state index contributed by atoms with van der Waals surface area (Å²) in [6.07, 6.45) is 18.0. The maximum atomic E-state index is 10.0. The fraction of sp³-hybridized carbons (Fsp3) is 0.842. The van der Waals surface area contributed by atoms with Gasteiger partial charge in [0.2, 0.25) is 18.2 Å². The van der Waals surface area contributed by atoms with Gasteiger partial charge in [-0.15, -0.1) is 0 Å². The molecule has 0 unspecified atom stereocenters. The molecule has 0 fully saturated rings. The van der Waals surface area contributed by atoms with Crippen LogP contribution in [0.3, 0.4) is 0 Å². The Hall–Kier alpha value is -1.86. The number of hydrogen-bond donors (Lipinski definition) is 0. The third-order valence-corrected chi connectivity index (χ3v) is 4.34. The quantitative estimate of drug-likeness (QED) is 0.210. The molecule has 0 aromatic heterocycles. The molecule has 0 amide bonds. The van der Waals surface area contributed by atoms with Gasteiger partial charge in [-0.05, 0) is 25.2 Å². The summed E-state index contributed by atoms with van der Waals surface area (Å²) in [6.45, 7) is 1.76. The molecule has 0 saturated heterocycles. The predicted molar refractivity (Wildman–Crippen MR) is 97.9 cm³/mol. The molecular weight excluding hydrogens is 318 g/mol. The Morgan fingerprint density at radius 2 is 0.800 bits per heavy atom. The standard InChI is InChI=1S/C19H31N3O3/c23-16-20-13-7-1-4-10-19(11-5-2-8-14-21-17-24)12-6-3-9-15-22-18-25/h19H,1-15H2. The molecule has 0 aliphatic heterocycles. The maximum absolute atomic E-state index is 10.0. The summed E-state index contributed by atoms with van der Waals surface area (Å²) in [5.41, 5.74) is 0. The molecule has 0 aromatic carbocycles. The van der Waals surface area contributed by atoms with Crippen molar-refractivity contribution in [2.75, 3.05) is 19.6 Å². The first-order valence-corrected chi connectivity index (χ1v) is 9.46. The molecule has 140 valence electrons. The van der Waals surface area contributed by atoms with Crippen LogP contribution in [-0.4, -0.2) is 37.9 Å². The Kier molecular flexibility index (Phi) is 18.7. The van der Waals surface area contributed by atoms with Crippen LogP contribution in [0, 0.1) is 5.92 Å². The maximum Gasteiger partial charge on any atom is 0.234 e. The van der Waals surface area contributed by atoms with Crippen LogP contribution in [0.1, 0.15) is 77.0 Å². The minimum atomic E-state index is 0.586. The van der Waals surface area contributed by atoms with Crippen molar-refractivity contribution in [3.63, 3.8) is 0 Å². The topological polar surface area (TPSA) is 88.3 Å². The van der Waals surface area contributed by atoms with Crippen LogP contribution in [0.5, 0.6) is 0 Å². The van der Waals surface area contributed by atoms with Crippen molar-refractivity contribution in [1.29, 1.82) is 0 Å². The molecule has 6 heteroatoms. The van der Waals surface area contributed by atoms with E-state index < -0.39 is 0 Å². The number of isocyanates is 3. The van der Waals surface area contributed by atoms with Gasteiger partial charge in [0.05, 0.1) is 19.6 Å². The van der Waals surface area contributed by atoms with Crippen molar-refractivity contribution < 1.29 is 14.4 Å². The molecule has 0 rings (SSSR count). The molecule has 0 N–H and O–H groups in total. The van der Waals surface area contributed by atoms with E-state index in [0.29, 0.717) is 19.6 Å². The lowest BCUT2D eigenvalue weighted by atomic mass is 9.90.